The number of aliphatic hydroxyl groups excluding tert-OH is 1. The number of rotatable bonds is 6. The van der Waals surface area contributed by atoms with Gasteiger partial charge in [0.2, 0.25) is 5.91 Å². The van der Waals surface area contributed by atoms with Crippen molar-refractivity contribution in [2.75, 3.05) is 26.9 Å². The van der Waals surface area contributed by atoms with Crippen molar-refractivity contribution in [1.29, 1.82) is 0 Å². The minimum atomic E-state index is -0.112. The molecule has 1 saturated heterocycles. The van der Waals surface area contributed by atoms with Crippen LogP contribution in [0.5, 0.6) is 0 Å². The fraction of sp³-hybridized carbons (Fsp3) is 0.714. The van der Waals surface area contributed by atoms with Crippen molar-refractivity contribution >= 4 is 5.91 Å². The maximum Gasteiger partial charge on any atom is 0.246 e. The van der Waals surface area contributed by atoms with Crippen LogP contribution in [0.3, 0.4) is 0 Å². The van der Waals surface area contributed by atoms with E-state index in [2.05, 4.69) is 15.3 Å². The van der Waals surface area contributed by atoms with Crippen molar-refractivity contribution in [2.45, 2.75) is 32.0 Å². The average Bonchev–Trinajstić information content (AvgIpc) is 2.93. The maximum atomic E-state index is 11.6. The van der Waals surface area contributed by atoms with Gasteiger partial charge in [-0.1, -0.05) is 0 Å². The van der Waals surface area contributed by atoms with Crippen LogP contribution in [0, 0.1) is 6.92 Å². The molecule has 1 aromatic heterocycles. The van der Waals surface area contributed by atoms with E-state index in [1.807, 2.05) is 20.2 Å². The second-order valence-electron chi connectivity index (χ2n) is 5.61. The third kappa shape index (κ3) is 4.03. The monoisotopic (exact) mass is 296 g/mol. The summed E-state index contributed by atoms with van der Waals surface area (Å²) < 4.78 is 6.62. The number of methoxy groups -OCH3 is 1. The van der Waals surface area contributed by atoms with Crippen molar-refractivity contribution in [3.8, 4) is 0 Å². The lowest BCUT2D eigenvalue weighted by atomic mass is 10.2. The summed E-state index contributed by atoms with van der Waals surface area (Å²) in [6.07, 6.45) is 2.76. The molecule has 0 radical (unpaired) electrons. The van der Waals surface area contributed by atoms with Gasteiger partial charge in [0.05, 0.1) is 12.3 Å². The van der Waals surface area contributed by atoms with E-state index in [0.29, 0.717) is 0 Å². The molecule has 21 heavy (non-hydrogen) atoms. The Hall–Kier alpha value is -1.44. The molecule has 0 unspecified atom stereocenters. The first-order valence-electron chi connectivity index (χ1n) is 7.15. The Kier molecular flexibility index (Phi) is 5.33. The van der Waals surface area contributed by atoms with Crippen LogP contribution >= 0.6 is 0 Å². The molecule has 0 aromatic carbocycles. The minimum Gasteiger partial charge on any atom is -0.395 e. The summed E-state index contributed by atoms with van der Waals surface area (Å²) in [4.78, 5) is 13.8. The highest BCUT2D eigenvalue weighted by Crippen LogP contribution is 2.21. The molecule has 0 saturated carbocycles. The number of carbonyl (C=O) groups excluding carboxylic acids is 1. The number of ether oxygens (including phenoxy) is 1. The number of amides is 1. The molecule has 2 rings (SSSR count). The molecule has 1 amide bonds. The average molecular weight is 296 g/mol. The summed E-state index contributed by atoms with van der Waals surface area (Å²) in [6, 6.07) is 0.124. The lowest BCUT2D eigenvalue weighted by Crippen LogP contribution is -2.38. The standard InChI is InChI=1S/C14H24N4O3/c1-10-11(5-17(2)16-10)6-18-7-12(4-13(18)8-19)15-14(20)9-21-3/h5,12-13,19H,4,6-9H2,1-3H3,(H,15,20)/t12-,13-/m0/s1. The third-order valence-electron chi connectivity index (χ3n) is 3.87. The summed E-state index contributed by atoms with van der Waals surface area (Å²) >= 11 is 0. The molecular formula is C14H24N4O3. The van der Waals surface area contributed by atoms with Gasteiger partial charge in [-0.25, -0.2) is 0 Å². The van der Waals surface area contributed by atoms with Crippen molar-refractivity contribution in [3.05, 3.63) is 17.5 Å². The first-order valence-corrected chi connectivity index (χ1v) is 7.15. The van der Waals surface area contributed by atoms with Crippen molar-refractivity contribution < 1.29 is 14.6 Å². The summed E-state index contributed by atoms with van der Waals surface area (Å²) in [5.74, 6) is -0.112. The van der Waals surface area contributed by atoms with Crippen LogP contribution in [0.2, 0.25) is 0 Å². The van der Waals surface area contributed by atoms with Crippen LogP contribution in [0.4, 0.5) is 0 Å². The predicted molar refractivity (Wildman–Crippen MR) is 77.7 cm³/mol. The molecule has 1 aliphatic rings. The van der Waals surface area contributed by atoms with E-state index < -0.39 is 0 Å². The van der Waals surface area contributed by atoms with Crippen LogP contribution in [-0.4, -0.2) is 64.6 Å². The first-order chi connectivity index (χ1) is 10.0. The van der Waals surface area contributed by atoms with Crippen LogP contribution in [0.25, 0.3) is 0 Å². The quantitative estimate of drug-likeness (QED) is 0.735. The number of hydrogen-bond donors (Lipinski definition) is 2. The Morgan fingerprint density at radius 3 is 2.95 bits per heavy atom. The number of aliphatic hydroxyl groups is 1. The van der Waals surface area contributed by atoms with Crippen LogP contribution < -0.4 is 5.32 Å². The SMILES string of the molecule is COCC(=O)N[C@H]1C[C@@H](CO)N(Cc2cn(C)nc2C)C1. The molecule has 0 aliphatic carbocycles. The van der Waals surface area contributed by atoms with E-state index in [-0.39, 0.29) is 31.2 Å². The predicted octanol–water partition coefficient (Wildman–Crippen LogP) is -0.574. The molecule has 0 bridgehead atoms. The van der Waals surface area contributed by atoms with Gasteiger partial charge < -0.3 is 15.2 Å². The van der Waals surface area contributed by atoms with E-state index in [4.69, 9.17) is 4.74 Å². The lowest BCUT2D eigenvalue weighted by Gasteiger charge is -2.21. The van der Waals surface area contributed by atoms with Crippen molar-refractivity contribution in [1.82, 2.24) is 20.0 Å². The van der Waals surface area contributed by atoms with E-state index in [1.54, 1.807) is 4.68 Å². The largest absolute Gasteiger partial charge is 0.395 e. The number of hydrogen-bond acceptors (Lipinski definition) is 5. The molecule has 1 aliphatic heterocycles. The molecule has 1 fully saturated rings. The molecule has 0 spiro atoms. The second-order valence-corrected chi connectivity index (χ2v) is 5.61. The molecule has 118 valence electrons. The number of likely N-dealkylation sites (tertiary alicyclic amines) is 1. The minimum absolute atomic E-state index is 0.0572. The highest BCUT2D eigenvalue weighted by molar-refractivity contribution is 5.77. The second kappa shape index (κ2) is 7.02. The zero-order chi connectivity index (χ0) is 15.4. The summed E-state index contributed by atoms with van der Waals surface area (Å²) in [5.41, 5.74) is 2.15. The number of nitrogens with zero attached hydrogens (tertiary/aromatic N) is 3. The maximum absolute atomic E-state index is 11.6. The Morgan fingerprint density at radius 2 is 2.38 bits per heavy atom. The fourth-order valence-corrected chi connectivity index (χ4v) is 2.90. The van der Waals surface area contributed by atoms with E-state index in [9.17, 15) is 9.90 Å². The van der Waals surface area contributed by atoms with E-state index in [1.165, 1.54) is 7.11 Å². The number of aromatic nitrogens is 2. The van der Waals surface area contributed by atoms with Gasteiger partial charge in [-0.3, -0.25) is 14.4 Å². The number of nitrogens with one attached hydrogen (secondary N) is 1. The van der Waals surface area contributed by atoms with Crippen molar-refractivity contribution in [2.24, 2.45) is 7.05 Å². The van der Waals surface area contributed by atoms with Gasteiger partial charge in [-0.05, 0) is 13.3 Å². The fourth-order valence-electron chi connectivity index (χ4n) is 2.90. The number of carbonyl (C=O) groups is 1. The highest BCUT2D eigenvalue weighted by Gasteiger charge is 2.32. The Labute approximate surface area is 124 Å². The molecule has 2 N–H and O–H groups in total. The molecule has 2 atom stereocenters. The summed E-state index contributed by atoms with van der Waals surface area (Å²) in [6.45, 7) is 3.62. The molecule has 7 nitrogen and oxygen atoms in total. The molecular weight excluding hydrogens is 272 g/mol. The van der Waals surface area contributed by atoms with Gasteiger partial charge in [0, 0.05) is 51.1 Å². The van der Waals surface area contributed by atoms with Gasteiger partial charge >= 0.3 is 0 Å². The normalized spacial score (nSPS) is 22.7. The Balaban J connectivity index is 1.96. The topological polar surface area (TPSA) is 79.6 Å². The number of aryl methyl sites for hydroxylation is 2. The Bertz CT molecular complexity index is 489. The lowest BCUT2D eigenvalue weighted by molar-refractivity contribution is -0.125. The molecule has 7 heteroatoms. The van der Waals surface area contributed by atoms with Crippen molar-refractivity contribution in [3.63, 3.8) is 0 Å². The van der Waals surface area contributed by atoms with Gasteiger partial charge in [0.25, 0.3) is 0 Å². The van der Waals surface area contributed by atoms with E-state index >= 15 is 0 Å². The highest BCUT2D eigenvalue weighted by atomic mass is 16.5. The van der Waals surface area contributed by atoms with Crippen LogP contribution in [0.1, 0.15) is 17.7 Å². The van der Waals surface area contributed by atoms with Gasteiger partial charge in [0.15, 0.2) is 0 Å². The van der Waals surface area contributed by atoms with Gasteiger partial charge in [-0.15, -0.1) is 0 Å². The third-order valence-corrected chi connectivity index (χ3v) is 3.87. The first kappa shape index (κ1) is 15.9. The Morgan fingerprint density at radius 1 is 1.62 bits per heavy atom. The zero-order valence-corrected chi connectivity index (χ0v) is 12.9. The zero-order valence-electron chi connectivity index (χ0n) is 12.9. The smallest absolute Gasteiger partial charge is 0.246 e. The van der Waals surface area contributed by atoms with Crippen LogP contribution in [0.15, 0.2) is 6.20 Å². The van der Waals surface area contributed by atoms with Gasteiger partial charge in [0.1, 0.15) is 6.61 Å². The summed E-state index contributed by atoms with van der Waals surface area (Å²) in [5, 5.41) is 16.8. The van der Waals surface area contributed by atoms with E-state index in [0.717, 1.165) is 30.8 Å². The van der Waals surface area contributed by atoms with Crippen LogP contribution in [-0.2, 0) is 23.1 Å². The molecule has 2 heterocycles. The molecule has 1 aromatic rings. The summed E-state index contributed by atoms with van der Waals surface area (Å²) in [7, 11) is 3.40. The van der Waals surface area contributed by atoms with Gasteiger partial charge in [-0.2, -0.15) is 5.10 Å².